The summed E-state index contributed by atoms with van der Waals surface area (Å²) >= 11 is 6.93. The molecule has 2 aromatic heterocycles. The number of methoxy groups -OCH3 is 1. The zero-order valence-electron chi connectivity index (χ0n) is 20.2. The van der Waals surface area contributed by atoms with Crippen LogP contribution in [0.15, 0.2) is 48.7 Å². The number of ether oxygens (including phenoxy) is 1. The van der Waals surface area contributed by atoms with Crippen LogP contribution in [-0.4, -0.2) is 35.6 Å². The van der Waals surface area contributed by atoms with E-state index in [0.717, 1.165) is 23.0 Å². The first kappa shape index (κ1) is 28.3. The molecule has 0 spiro atoms. The summed E-state index contributed by atoms with van der Waals surface area (Å²) in [6, 6.07) is 8.53. The third kappa shape index (κ3) is 6.29. The maximum absolute atomic E-state index is 13.7. The molecule has 0 aliphatic heterocycles. The van der Waals surface area contributed by atoms with Gasteiger partial charge >= 0.3 is 6.18 Å². The average Bonchev–Trinajstić information content (AvgIpc) is 3.24. The van der Waals surface area contributed by atoms with Gasteiger partial charge in [-0.25, -0.2) is 9.37 Å². The van der Waals surface area contributed by atoms with Crippen molar-refractivity contribution in [2.24, 2.45) is 0 Å². The number of rotatable bonds is 8. The number of nitrogens with zero attached hydrogens (tertiary/aromatic N) is 1. The van der Waals surface area contributed by atoms with E-state index in [1.807, 2.05) is 0 Å². The fourth-order valence-electron chi connectivity index (χ4n) is 3.81. The summed E-state index contributed by atoms with van der Waals surface area (Å²) in [4.78, 5) is 30.6. The molecule has 4 aromatic rings. The lowest BCUT2D eigenvalue weighted by Gasteiger charge is -2.13. The standard InChI is InChI=1S/C26H20ClF4N3O4S/c1-38-19-7-4-13(3-2-8-35)9-15(19)24(36)34-22-16-12-32-21(27)11-20(16)39-23(22)25(37)33-14-5-6-18(28)17(10-14)26(29,30)31/h4-7,9-12,35H,2-3,8H2,1H3,(H,33,37)(H,34,36). The third-order valence-electron chi connectivity index (χ3n) is 5.65. The number of thiophene rings is 1. The van der Waals surface area contributed by atoms with Crippen molar-refractivity contribution in [3.8, 4) is 5.75 Å². The molecule has 0 saturated carbocycles. The molecule has 2 aromatic carbocycles. The number of hydrogen-bond acceptors (Lipinski definition) is 6. The maximum Gasteiger partial charge on any atom is 0.419 e. The Morgan fingerprint density at radius 3 is 2.56 bits per heavy atom. The number of aliphatic hydroxyl groups excluding tert-OH is 1. The van der Waals surface area contributed by atoms with Crippen molar-refractivity contribution in [1.29, 1.82) is 0 Å². The van der Waals surface area contributed by atoms with Crippen molar-refractivity contribution in [2.75, 3.05) is 24.4 Å². The second-order valence-electron chi connectivity index (χ2n) is 8.27. The monoisotopic (exact) mass is 581 g/mol. The number of aliphatic hydroxyl groups is 1. The number of carbonyl (C=O) groups is 2. The fourth-order valence-corrected chi connectivity index (χ4v) is 5.10. The summed E-state index contributed by atoms with van der Waals surface area (Å²) in [5.41, 5.74) is -0.836. The molecule has 0 fully saturated rings. The Morgan fingerprint density at radius 1 is 1.10 bits per heavy atom. The lowest BCUT2D eigenvalue weighted by Crippen LogP contribution is -2.18. The molecule has 2 amide bonds. The van der Waals surface area contributed by atoms with Gasteiger partial charge in [0.1, 0.15) is 21.6 Å². The predicted molar refractivity (Wildman–Crippen MR) is 140 cm³/mol. The van der Waals surface area contributed by atoms with E-state index in [0.29, 0.717) is 35.1 Å². The summed E-state index contributed by atoms with van der Waals surface area (Å²) in [6.07, 6.45) is -2.61. The van der Waals surface area contributed by atoms with Crippen molar-refractivity contribution in [3.05, 3.63) is 81.2 Å². The van der Waals surface area contributed by atoms with E-state index in [1.54, 1.807) is 18.2 Å². The van der Waals surface area contributed by atoms with Gasteiger partial charge in [0.05, 0.1) is 23.9 Å². The van der Waals surface area contributed by atoms with Gasteiger partial charge in [-0.05, 0) is 54.8 Å². The first-order valence-electron chi connectivity index (χ1n) is 11.4. The van der Waals surface area contributed by atoms with Crippen molar-refractivity contribution >= 4 is 56.2 Å². The van der Waals surface area contributed by atoms with Gasteiger partial charge in [-0.15, -0.1) is 11.3 Å². The van der Waals surface area contributed by atoms with Gasteiger partial charge in [0.25, 0.3) is 11.8 Å². The molecule has 3 N–H and O–H groups in total. The second-order valence-corrected chi connectivity index (χ2v) is 9.71. The Hall–Kier alpha value is -3.74. The van der Waals surface area contributed by atoms with Gasteiger partial charge in [-0.3, -0.25) is 9.59 Å². The molecular formula is C26H20ClF4N3O4S. The summed E-state index contributed by atoms with van der Waals surface area (Å²) in [7, 11) is 1.39. The number of pyridine rings is 1. The third-order valence-corrected chi connectivity index (χ3v) is 7.01. The Balaban J connectivity index is 1.72. The number of aromatic nitrogens is 1. The van der Waals surface area contributed by atoms with E-state index >= 15 is 0 Å². The van der Waals surface area contributed by atoms with Crippen LogP contribution in [0.1, 0.15) is 37.6 Å². The number of nitrogens with one attached hydrogen (secondary N) is 2. The highest BCUT2D eigenvalue weighted by atomic mass is 35.5. The smallest absolute Gasteiger partial charge is 0.419 e. The number of anilines is 2. The molecule has 0 aliphatic carbocycles. The number of fused-ring (bicyclic) bond motifs is 1. The van der Waals surface area contributed by atoms with Crippen LogP contribution in [-0.2, 0) is 12.6 Å². The van der Waals surface area contributed by atoms with E-state index < -0.39 is 29.4 Å². The molecule has 0 atom stereocenters. The summed E-state index contributed by atoms with van der Waals surface area (Å²) < 4.78 is 59.0. The van der Waals surface area contributed by atoms with Gasteiger partial charge in [0.2, 0.25) is 0 Å². The number of halogens is 5. The predicted octanol–water partition coefficient (Wildman–Crippen LogP) is 6.55. The molecule has 2 heterocycles. The van der Waals surface area contributed by atoms with Crippen LogP contribution >= 0.6 is 22.9 Å². The maximum atomic E-state index is 13.7. The van der Waals surface area contributed by atoms with Crippen molar-refractivity contribution in [3.63, 3.8) is 0 Å². The van der Waals surface area contributed by atoms with Gasteiger partial charge in [-0.1, -0.05) is 17.7 Å². The molecule has 39 heavy (non-hydrogen) atoms. The van der Waals surface area contributed by atoms with Crippen molar-refractivity contribution in [1.82, 2.24) is 4.98 Å². The van der Waals surface area contributed by atoms with E-state index in [9.17, 15) is 27.2 Å². The van der Waals surface area contributed by atoms with E-state index in [-0.39, 0.29) is 39.3 Å². The summed E-state index contributed by atoms with van der Waals surface area (Å²) in [6.45, 7) is -0.0268. The van der Waals surface area contributed by atoms with Crippen molar-refractivity contribution < 1.29 is 37.0 Å². The quantitative estimate of drug-likeness (QED) is 0.162. The molecule has 0 aliphatic rings. The minimum Gasteiger partial charge on any atom is -0.496 e. The summed E-state index contributed by atoms with van der Waals surface area (Å²) in [5.74, 6) is -2.68. The topological polar surface area (TPSA) is 101 Å². The molecule has 13 heteroatoms. The number of benzene rings is 2. The SMILES string of the molecule is COc1ccc(CCCO)cc1C(=O)Nc1c(C(=O)Nc2ccc(F)c(C(F)(F)F)c2)sc2cc(Cl)ncc12. The lowest BCUT2D eigenvalue weighted by molar-refractivity contribution is -0.139. The Bertz CT molecular complexity index is 1560. The molecule has 204 valence electrons. The second kappa shape index (κ2) is 11.6. The van der Waals surface area contributed by atoms with Crippen LogP contribution in [0.2, 0.25) is 5.15 Å². The number of aryl methyl sites for hydroxylation is 1. The van der Waals surface area contributed by atoms with Gasteiger partial charge in [-0.2, -0.15) is 13.2 Å². The normalized spacial score (nSPS) is 11.5. The largest absolute Gasteiger partial charge is 0.496 e. The molecule has 0 saturated heterocycles. The van der Waals surface area contributed by atoms with Crippen LogP contribution in [0.25, 0.3) is 10.1 Å². The van der Waals surface area contributed by atoms with Crippen LogP contribution in [0.5, 0.6) is 5.75 Å². The number of amides is 2. The first-order valence-corrected chi connectivity index (χ1v) is 12.6. The molecule has 0 unspecified atom stereocenters. The Morgan fingerprint density at radius 2 is 1.87 bits per heavy atom. The highest BCUT2D eigenvalue weighted by Gasteiger charge is 2.34. The molecule has 4 rings (SSSR count). The van der Waals surface area contributed by atoms with Gasteiger partial charge in [0.15, 0.2) is 0 Å². The highest BCUT2D eigenvalue weighted by Crippen LogP contribution is 2.38. The summed E-state index contributed by atoms with van der Waals surface area (Å²) in [5, 5.41) is 14.6. The van der Waals surface area contributed by atoms with E-state index in [2.05, 4.69) is 15.6 Å². The minimum atomic E-state index is -4.96. The zero-order chi connectivity index (χ0) is 28.3. The van der Waals surface area contributed by atoms with E-state index in [1.165, 1.54) is 19.4 Å². The molecule has 0 bridgehead atoms. The van der Waals surface area contributed by atoms with Crippen LogP contribution in [0.4, 0.5) is 28.9 Å². The van der Waals surface area contributed by atoms with Crippen molar-refractivity contribution in [2.45, 2.75) is 19.0 Å². The van der Waals surface area contributed by atoms with E-state index in [4.69, 9.17) is 21.4 Å². The van der Waals surface area contributed by atoms with Crippen LogP contribution in [0.3, 0.4) is 0 Å². The number of alkyl halides is 3. The van der Waals surface area contributed by atoms with Gasteiger partial charge in [0, 0.05) is 28.6 Å². The number of carbonyl (C=O) groups excluding carboxylic acids is 2. The zero-order valence-corrected chi connectivity index (χ0v) is 21.7. The molecular weight excluding hydrogens is 562 g/mol. The molecule has 0 radical (unpaired) electrons. The fraction of sp³-hybridized carbons (Fsp3) is 0.192. The van der Waals surface area contributed by atoms with Crippen LogP contribution < -0.4 is 15.4 Å². The van der Waals surface area contributed by atoms with Gasteiger partial charge < -0.3 is 20.5 Å². The Kier molecular flexibility index (Phi) is 8.38. The average molecular weight is 582 g/mol. The highest BCUT2D eigenvalue weighted by molar-refractivity contribution is 7.21. The number of hydrogen-bond donors (Lipinski definition) is 3. The first-order chi connectivity index (χ1) is 18.5. The lowest BCUT2D eigenvalue weighted by atomic mass is 10.0. The Labute approximate surface area is 228 Å². The minimum absolute atomic E-state index is 0.0268. The van der Waals surface area contributed by atoms with Crippen LogP contribution in [0, 0.1) is 5.82 Å². The molecule has 7 nitrogen and oxygen atoms in total.